The molecule has 0 aliphatic carbocycles. The number of carbonyl (C=O) groups is 1. The first kappa shape index (κ1) is 18.0. The third kappa shape index (κ3) is 5.39. The van der Waals surface area contributed by atoms with Gasteiger partial charge in [0.15, 0.2) is 0 Å². The van der Waals surface area contributed by atoms with Crippen LogP contribution in [0.2, 0.25) is 0 Å². The highest BCUT2D eigenvalue weighted by Crippen LogP contribution is 2.18. The first-order valence-electron chi connectivity index (χ1n) is 8.16. The van der Waals surface area contributed by atoms with E-state index >= 15 is 0 Å². The molecule has 0 aliphatic rings. The Balaban J connectivity index is 2.02. The van der Waals surface area contributed by atoms with E-state index in [4.69, 9.17) is 0 Å². The number of benzene rings is 2. The molecule has 1 amide bonds. The maximum absolute atomic E-state index is 12.4. The van der Waals surface area contributed by atoms with E-state index in [1.165, 1.54) is 0 Å². The van der Waals surface area contributed by atoms with Gasteiger partial charge in [0.05, 0.1) is 11.6 Å². The number of aryl methyl sites for hydroxylation is 1. The van der Waals surface area contributed by atoms with Crippen LogP contribution in [0, 0.1) is 0 Å². The van der Waals surface area contributed by atoms with Crippen LogP contribution in [-0.2, 0) is 6.42 Å². The van der Waals surface area contributed by atoms with E-state index in [0.29, 0.717) is 12.0 Å². The molecule has 2 rings (SSSR count). The molecule has 0 spiro atoms. The molecule has 1 atom stereocenters. The van der Waals surface area contributed by atoms with Crippen LogP contribution in [0.4, 0.5) is 0 Å². The van der Waals surface area contributed by atoms with Crippen LogP contribution < -0.4 is 5.32 Å². The van der Waals surface area contributed by atoms with Crippen molar-refractivity contribution in [1.29, 1.82) is 0 Å². The fraction of sp³-hybridized carbons (Fsp3) is 0.350. The van der Waals surface area contributed by atoms with Crippen molar-refractivity contribution in [2.45, 2.75) is 45.3 Å². The van der Waals surface area contributed by atoms with Crippen LogP contribution in [0.5, 0.6) is 5.75 Å². The summed E-state index contributed by atoms with van der Waals surface area (Å²) in [7, 11) is 0. The lowest BCUT2D eigenvalue weighted by molar-refractivity contribution is 0.0714. The second-order valence-electron chi connectivity index (χ2n) is 6.80. The highest BCUT2D eigenvalue weighted by atomic mass is 16.3. The third-order valence-corrected chi connectivity index (χ3v) is 3.96. The molecule has 3 N–H and O–H groups in total. The van der Waals surface area contributed by atoms with Gasteiger partial charge in [0.1, 0.15) is 5.75 Å². The molecule has 0 saturated heterocycles. The van der Waals surface area contributed by atoms with E-state index < -0.39 is 5.60 Å². The maximum atomic E-state index is 12.4. The fourth-order valence-corrected chi connectivity index (χ4v) is 2.44. The lowest BCUT2D eigenvalue weighted by Crippen LogP contribution is -2.26. The minimum Gasteiger partial charge on any atom is -0.508 e. The van der Waals surface area contributed by atoms with Gasteiger partial charge in [-0.3, -0.25) is 4.79 Å². The Labute approximate surface area is 143 Å². The van der Waals surface area contributed by atoms with Crippen molar-refractivity contribution in [1.82, 2.24) is 5.32 Å². The zero-order valence-corrected chi connectivity index (χ0v) is 14.4. The van der Waals surface area contributed by atoms with E-state index in [-0.39, 0.29) is 17.7 Å². The van der Waals surface area contributed by atoms with Crippen molar-refractivity contribution in [2.24, 2.45) is 0 Å². The van der Waals surface area contributed by atoms with Gasteiger partial charge in [0, 0.05) is 5.56 Å². The molecule has 0 aliphatic heterocycles. The number of rotatable bonds is 6. The van der Waals surface area contributed by atoms with E-state index in [1.54, 1.807) is 44.2 Å². The van der Waals surface area contributed by atoms with Crippen molar-refractivity contribution in [3.8, 4) is 5.75 Å². The molecule has 0 fully saturated rings. The predicted octanol–water partition coefficient (Wildman–Crippen LogP) is 3.59. The predicted molar refractivity (Wildman–Crippen MR) is 95.0 cm³/mol. The van der Waals surface area contributed by atoms with Gasteiger partial charge in [-0.05, 0) is 69.0 Å². The Morgan fingerprint density at radius 1 is 1.17 bits per heavy atom. The zero-order chi connectivity index (χ0) is 17.7. The second kappa shape index (κ2) is 7.49. The minimum absolute atomic E-state index is 0.138. The number of amides is 1. The number of carbonyl (C=O) groups excluding carboxylic acids is 1. The number of hydrogen-bond acceptors (Lipinski definition) is 3. The SMILES string of the molecule is C[C@H](NC(=O)c1cccc(CCC(C)(C)O)c1)c1ccc(O)cc1. The van der Waals surface area contributed by atoms with Gasteiger partial charge >= 0.3 is 0 Å². The summed E-state index contributed by atoms with van der Waals surface area (Å²) in [6.45, 7) is 5.47. The molecule has 24 heavy (non-hydrogen) atoms. The largest absolute Gasteiger partial charge is 0.508 e. The van der Waals surface area contributed by atoms with Gasteiger partial charge in [0.25, 0.3) is 5.91 Å². The highest BCUT2D eigenvalue weighted by molar-refractivity contribution is 5.94. The monoisotopic (exact) mass is 327 g/mol. The van der Waals surface area contributed by atoms with Crippen LogP contribution >= 0.6 is 0 Å². The van der Waals surface area contributed by atoms with Crippen molar-refractivity contribution in [3.05, 3.63) is 65.2 Å². The Morgan fingerprint density at radius 3 is 2.46 bits per heavy atom. The maximum Gasteiger partial charge on any atom is 0.251 e. The van der Waals surface area contributed by atoms with Crippen LogP contribution in [0.15, 0.2) is 48.5 Å². The average Bonchev–Trinajstić information content (AvgIpc) is 2.53. The van der Waals surface area contributed by atoms with Gasteiger partial charge in [-0.2, -0.15) is 0 Å². The van der Waals surface area contributed by atoms with E-state index in [2.05, 4.69) is 5.32 Å². The molecule has 0 radical (unpaired) electrons. The number of hydrogen-bond donors (Lipinski definition) is 3. The Bertz CT molecular complexity index is 687. The second-order valence-corrected chi connectivity index (χ2v) is 6.80. The van der Waals surface area contributed by atoms with Crippen LogP contribution in [0.25, 0.3) is 0 Å². The smallest absolute Gasteiger partial charge is 0.251 e. The molecule has 4 nitrogen and oxygen atoms in total. The van der Waals surface area contributed by atoms with Crippen LogP contribution in [0.1, 0.15) is 54.7 Å². The molecule has 2 aromatic carbocycles. The quantitative estimate of drug-likeness (QED) is 0.759. The van der Waals surface area contributed by atoms with Gasteiger partial charge in [0.2, 0.25) is 0 Å². The third-order valence-electron chi connectivity index (χ3n) is 3.96. The molecular weight excluding hydrogens is 302 g/mol. The molecule has 128 valence electrons. The van der Waals surface area contributed by atoms with E-state index in [0.717, 1.165) is 17.5 Å². The van der Waals surface area contributed by atoms with Crippen LogP contribution in [-0.4, -0.2) is 21.7 Å². The fourth-order valence-electron chi connectivity index (χ4n) is 2.44. The minimum atomic E-state index is -0.717. The summed E-state index contributed by atoms with van der Waals surface area (Å²) in [4.78, 5) is 12.4. The molecule has 0 unspecified atom stereocenters. The zero-order valence-electron chi connectivity index (χ0n) is 14.4. The van der Waals surface area contributed by atoms with Crippen LogP contribution in [0.3, 0.4) is 0 Å². The Hall–Kier alpha value is -2.33. The molecule has 2 aromatic rings. The number of aliphatic hydroxyl groups is 1. The van der Waals surface area contributed by atoms with Gasteiger partial charge in [-0.1, -0.05) is 24.3 Å². The van der Waals surface area contributed by atoms with Gasteiger partial charge in [-0.25, -0.2) is 0 Å². The lowest BCUT2D eigenvalue weighted by atomic mass is 9.97. The number of nitrogens with one attached hydrogen (secondary N) is 1. The molecule has 0 heterocycles. The van der Waals surface area contributed by atoms with Gasteiger partial charge in [-0.15, -0.1) is 0 Å². The Kier molecular flexibility index (Phi) is 5.62. The topological polar surface area (TPSA) is 69.6 Å². The van der Waals surface area contributed by atoms with E-state index in [1.807, 2.05) is 25.1 Å². The van der Waals surface area contributed by atoms with E-state index in [9.17, 15) is 15.0 Å². The first-order chi connectivity index (χ1) is 11.2. The summed E-state index contributed by atoms with van der Waals surface area (Å²) in [5.41, 5.74) is 1.85. The molecule has 0 bridgehead atoms. The normalized spacial score (nSPS) is 12.7. The summed E-state index contributed by atoms with van der Waals surface area (Å²) in [5, 5.41) is 22.1. The molecule has 0 saturated carbocycles. The highest BCUT2D eigenvalue weighted by Gasteiger charge is 2.14. The van der Waals surface area contributed by atoms with Crippen molar-refractivity contribution < 1.29 is 15.0 Å². The average molecular weight is 327 g/mol. The summed E-state index contributed by atoms with van der Waals surface area (Å²) >= 11 is 0. The standard InChI is InChI=1S/C20H25NO3/c1-14(16-7-9-18(22)10-8-16)21-19(23)17-6-4-5-15(13-17)11-12-20(2,3)24/h4-10,13-14,22,24H,11-12H2,1-3H3,(H,21,23)/t14-/m0/s1. The molecule has 4 heteroatoms. The molecule has 0 aromatic heterocycles. The summed E-state index contributed by atoms with van der Waals surface area (Å²) < 4.78 is 0. The summed E-state index contributed by atoms with van der Waals surface area (Å²) in [6, 6.07) is 14.1. The number of aromatic hydroxyl groups is 1. The van der Waals surface area contributed by atoms with Crippen molar-refractivity contribution in [2.75, 3.05) is 0 Å². The summed E-state index contributed by atoms with van der Waals surface area (Å²) in [6.07, 6.45) is 1.36. The van der Waals surface area contributed by atoms with Crippen molar-refractivity contribution in [3.63, 3.8) is 0 Å². The Morgan fingerprint density at radius 2 is 1.83 bits per heavy atom. The lowest BCUT2D eigenvalue weighted by Gasteiger charge is -2.17. The number of phenolic OH excluding ortho intramolecular Hbond substituents is 1. The number of phenols is 1. The summed E-state index contributed by atoms with van der Waals surface area (Å²) in [5.74, 6) is 0.0671. The van der Waals surface area contributed by atoms with Gasteiger partial charge < -0.3 is 15.5 Å². The van der Waals surface area contributed by atoms with Crippen molar-refractivity contribution >= 4 is 5.91 Å². The first-order valence-corrected chi connectivity index (χ1v) is 8.16. The molecular formula is C20H25NO3.